The van der Waals surface area contributed by atoms with Crippen LogP contribution in [-0.4, -0.2) is 20.9 Å². The smallest absolute Gasteiger partial charge is 0.264 e. The molecule has 0 atom stereocenters. The van der Waals surface area contributed by atoms with Crippen molar-refractivity contribution in [2.75, 3.05) is 6.61 Å². The highest BCUT2D eigenvalue weighted by atomic mass is 35.5. The second-order valence-electron chi connectivity index (χ2n) is 3.02. The van der Waals surface area contributed by atoms with Crippen molar-refractivity contribution in [1.82, 2.24) is 4.89 Å². The number of amides is 1. The molecule has 0 saturated carbocycles. The van der Waals surface area contributed by atoms with Crippen LogP contribution in [0, 0.1) is 5.82 Å². The Hall–Kier alpha value is -0.930. The number of halogens is 3. The van der Waals surface area contributed by atoms with Gasteiger partial charge in [0.2, 0.25) is 5.91 Å². The summed E-state index contributed by atoms with van der Waals surface area (Å²) < 4.78 is 36.5. The molecule has 0 spiro atoms. The van der Waals surface area contributed by atoms with Crippen molar-refractivity contribution in [3.8, 4) is 0 Å². The third-order valence-corrected chi connectivity index (χ3v) is 3.70. The van der Waals surface area contributed by atoms with Crippen molar-refractivity contribution in [3.05, 3.63) is 28.0 Å². The van der Waals surface area contributed by atoms with E-state index >= 15 is 0 Å². The lowest BCUT2D eigenvalue weighted by atomic mass is 10.3. The van der Waals surface area contributed by atoms with E-state index in [0.717, 1.165) is 12.1 Å². The summed E-state index contributed by atoms with van der Waals surface area (Å²) in [6, 6.07) is 2.01. The summed E-state index contributed by atoms with van der Waals surface area (Å²) in [6.07, 6.45) is 0. The van der Waals surface area contributed by atoms with E-state index in [2.05, 4.69) is 4.84 Å². The van der Waals surface area contributed by atoms with Gasteiger partial charge in [-0.3, -0.25) is 9.63 Å². The molecule has 0 fully saturated rings. The zero-order valence-electron chi connectivity index (χ0n) is 8.61. The fourth-order valence-corrected chi connectivity index (χ4v) is 2.49. The molecular formula is C8H7Cl2FN2O4S. The number of rotatable bonds is 5. The minimum Gasteiger partial charge on any atom is -0.368 e. The molecule has 100 valence electrons. The van der Waals surface area contributed by atoms with Crippen molar-refractivity contribution in [2.45, 2.75) is 4.90 Å². The third kappa shape index (κ3) is 3.53. The molecule has 6 nitrogen and oxygen atoms in total. The highest BCUT2D eigenvalue weighted by Gasteiger charge is 2.22. The van der Waals surface area contributed by atoms with Crippen LogP contribution in [0.1, 0.15) is 0 Å². The molecule has 0 heterocycles. The van der Waals surface area contributed by atoms with Crippen molar-refractivity contribution >= 4 is 39.1 Å². The number of hydrogen-bond donors (Lipinski definition) is 2. The van der Waals surface area contributed by atoms with Crippen LogP contribution >= 0.6 is 23.2 Å². The van der Waals surface area contributed by atoms with Crippen molar-refractivity contribution in [3.63, 3.8) is 0 Å². The number of carbonyl (C=O) groups excluding carboxylic acids is 1. The van der Waals surface area contributed by atoms with E-state index < -0.39 is 38.3 Å². The highest BCUT2D eigenvalue weighted by Crippen LogP contribution is 2.29. The number of hydrogen-bond acceptors (Lipinski definition) is 4. The molecule has 0 unspecified atom stereocenters. The van der Waals surface area contributed by atoms with Gasteiger partial charge in [-0.1, -0.05) is 28.1 Å². The number of sulfonamides is 1. The van der Waals surface area contributed by atoms with Crippen molar-refractivity contribution < 1.29 is 22.4 Å². The molecule has 0 radical (unpaired) electrons. The molecule has 0 aliphatic carbocycles. The van der Waals surface area contributed by atoms with Crippen LogP contribution < -0.4 is 10.6 Å². The van der Waals surface area contributed by atoms with Crippen molar-refractivity contribution in [2.24, 2.45) is 5.73 Å². The Morgan fingerprint density at radius 1 is 1.44 bits per heavy atom. The van der Waals surface area contributed by atoms with Gasteiger partial charge in [-0.2, -0.15) is 0 Å². The topological polar surface area (TPSA) is 98.5 Å². The zero-order valence-corrected chi connectivity index (χ0v) is 10.9. The molecule has 1 aromatic rings. The van der Waals surface area contributed by atoms with Gasteiger partial charge in [0.05, 0.1) is 10.0 Å². The first-order valence-electron chi connectivity index (χ1n) is 4.31. The van der Waals surface area contributed by atoms with Crippen LogP contribution in [0.15, 0.2) is 17.0 Å². The van der Waals surface area contributed by atoms with Gasteiger partial charge >= 0.3 is 0 Å². The minimum absolute atomic E-state index is 0.322. The zero-order chi connectivity index (χ0) is 13.9. The summed E-state index contributed by atoms with van der Waals surface area (Å²) >= 11 is 10.9. The molecule has 3 N–H and O–H groups in total. The van der Waals surface area contributed by atoms with Crippen LogP contribution in [0.25, 0.3) is 0 Å². The molecule has 0 aromatic heterocycles. The summed E-state index contributed by atoms with van der Waals surface area (Å²) in [5, 5.41) is -1.00. The molecule has 1 amide bonds. The number of nitrogens with two attached hydrogens (primary N) is 1. The maximum Gasteiger partial charge on any atom is 0.264 e. The Bertz CT molecular complexity index is 579. The molecule has 1 aromatic carbocycles. The van der Waals surface area contributed by atoms with Gasteiger partial charge in [0, 0.05) is 0 Å². The Labute approximate surface area is 112 Å². The average Bonchev–Trinajstić information content (AvgIpc) is 2.24. The third-order valence-electron chi connectivity index (χ3n) is 1.67. The van der Waals surface area contributed by atoms with Crippen LogP contribution in [0.5, 0.6) is 0 Å². The van der Waals surface area contributed by atoms with Gasteiger partial charge in [0.1, 0.15) is 11.5 Å². The summed E-state index contributed by atoms with van der Waals surface area (Å²) in [6.45, 7) is -0.674. The summed E-state index contributed by atoms with van der Waals surface area (Å²) in [5.41, 5.74) is 4.73. The molecule has 0 aliphatic heterocycles. The van der Waals surface area contributed by atoms with Crippen LogP contribution in [0.4, 0.5) is 4.39 Å². The first-order valence-corrected chi connectivity index (χ1v) is 6.55. The fourth-order valence-electron chi connectivity index (χ4n) is 0.939. The van der Waals surface area contributed by atoms with E-state index in [4.69, 9.17) is 28.9 Å². The second kappa shape index (κ2) is 5.81. The van der Waals surface area contributed by atoms with E-state index in [9.17, 15) is 17.6 Å². The summed E-state index contributed by atoms with van der Waals surface area (Å²) in [4.78, 5) is 15.7. The van der Waals surface area contributed by atoms with Gasteiger partial charge in [0.25, 0.3) is 10.0 Å². The molecular weight excluding hydrogens is 310 g/mol. The van der Waals surface area contributed by atoms with E-state index in [1.54, 1.807) is 4.89 Å². The first-order chi connectivity index (χ1) is 8.25. The predicted octanol–water partition coefficient (Wildman–Crippen LogP) is 0.828. The van der Waals surface area contributed by atoms with Crippen LogP contribution in [0.2, 0.25) is 10.0 Å². The molecule has 0 aliphatic rings. The SMILES string of the molecule is NC(=O)CONS(=O)(=O)c1ccc(Cl)c(F)c1Cl. The van der Waals surface area contributed by atoms with Gasteiger partial charge in [0.15, 0.2) is 5.82 Å². The Balaban J connectivity index is 2.99. The number of benzene rings is 1. The largest absolute Gasteiger partial charge is 0.368 e. The average molecular weight is 317 g/mol. The maximum absolute atomic E-state index is 13.3. The van der Waals surface area contributed by atoms with E-state index in [-0.39, 0.29) is 5.02 Å². The molecule has 10 heteroatoms. The summed E-state index contributed by atoms with van der Waals surface area (Å²) in [7, 11) is -4.24. The van der Waals surface area contributed by atoms with Crippen LogP contribution in [-0.2, 0) is 19.7 Å². The van der Waals surface area contributed by atoms with Crippen molar-refractivity contribution in [1.29, 1.82) is 0 Å². The lowest BCUT2D eigenvalue weighted by Crippen LogP contribution is -2.29. The standard InChI is InChI=1S/C8H7Cl2FN2O4S/c9-4-1-2-5(7(10)8(4)11)18(15,16)13-17-3-6(12)14/h1-2,13H,3H2,(H2,12,14). The monoisotopic (exact) mass is 316 g/mol. The first kappa shape index (κ1) is 15.1. The van der Waals surface area contributed by atoms with E-state index in [0.29, 0.717) is 0 Å². The number of carbonyl (C=O) groups is 1. The van der Waals surface area contributed by atoms with Gasteiger partial charge in [-0.15, -0.1) is 0 Å². The number of nitrogens with one attached hydrogen (secondary N) is 1. The van der Waals surface area contributed by atoms with E-state index in [1.165, 1.54) is 0 Å². The van der Waals surface area contributed by atoms with Crippen LogP contribution in [0.3, 0.4) is 0 Å². The lowest BCUT2D eigenvalue weighted by Gasteiger charge is -2.08. The quantitative estimate of drug-likeness (QED) is 0.620. The van der Waals surface area contributed by atoms with E-state index in [1.807, 2.05) is 0 Å². The molecule has 18 heavy (non-hydrogen) atoms. The Morgan fingerprint density at radius 2 is 2.06 bits per heavy atom. The normalized spacial score (nSPS) is 11.5. The minimum atomic E-state index is -4.24. The molecule has 1 rings (SSSR count). The Morgan fingerprint density at radius 3 is 2.61 bits per heavy atom. The molecule has 0 saturated heterocycles. The highest BCUT2D eigenvalue weighted by molar-refractivity contribution is 7.89. The number of primary amides is 1. The maximum atomic E-state index is 13.3. The second-order valence-corrected chi connectivity index (χ2v) is 5.41. The predicted molar refractivity (Wildman–Crippen MR) is 61.9 cm³/mol. The summed E-state index contributed by atoms with van der Waals surface area (Å²) in [5.74, 6) is -1.96. The van der Waals surface area contributed by atoms with Gasteiger partial charge < -0.3 is 5.73 Å². The fraction of sp³-hybridized carbons (Fsp3) is 0.125. The molecule has 0 bridgehead atoms. The lowest BCUT2D eigenvalue weighted by molar-refractivity contribution is -0.123. The Kier molecular flexibility index (Phi) is 4.88. The van der Waals surface area contributed by atoms with Gasteiger partial charge in [-0.25, -0.2) is 12.8 Å². The van der Waals surface area contributed by atoms with Gasteiger partial charge in [-0.05, 0) is 12.1 Å².